The van der Waals surface area contributed by atoms with E-state index in [9.17, 15) is 0 Å². The fraction of sp³-hybridized carbons (Fsp3) is 0. The number of hydrogen-bond acceptors (Lipinski definition) is 1. The van der Waals surface area contributed by atoms with Crippen LogP contribution in [0, 0.1) is 0 Å². The summed E-state index contributed by atoms with van der Waals surface area (Å²) in [7, 11) is 0. The maximum Gasteiger partial charge on any atom is 0.0541 e. The average Bonchev–Trinajstić information content (AvgIpc) is 3.67. The number of rotatable bonds is 8. The molecule has 2 heteroatoms. The van der Waals surface area contributed by atoms with Crippen molar-refractivity contribution in [2.75, 3.05) is 4.90 Å². The Morgan fingerprint density at radius 2 is 0.733 bits per heavy atom. The Morgan fingerprint density at radius 3 is 1.33 bits per heavy atom. The molecule has 0 N–H and O–H groups in total. The van der Waals surface area contributed by atoms with Crippen molar-refractivity contribution < 1.29 is 0 Å². The van der Waals surface area contributed by atoms with Crippen LogP contribution in [0.25, 0.3) is 82.8 Å². The van der Waals surface area contributed by atoms with Crippen LogP contribution in [0.5, 0.6) is 0 Å². The van der Waals surface area contributed by atoms with Crippen LogP contribution in [0.2, 0.25) is 0 Å². The van der Waals surface area contributed by atoms with Crippen LogP contribution in [0.1, 0.15) is 0 Å². The van der Waals surface area contributed by atoms with Gasteiger partial charge in [0.2, 0.25) is 0 Å². The molecule has 0 aliphatic carbocycles. The lowest BCUT2D eigenvalue weighted by Crippen LogP contribution is -2.10. The van der Waals surface area contributed by atoms with Crippen LogP contribution in [-0.4, -0.2) is 4.57 Å². The first-order valence-corrected chi connectivity index (χ1v) is 20.6. The van der Waals surface area contributed by atoms with Gasteiger partial charge in [0.1, 0.15) is 0 Å². The number of nitrogens with zero attached hydrogens (tertiary/aromatic N) is 2. The number of para-hydroxylation sites is 2. The first-order chi connectivity index (χ1) is 29.8. The molecule has 0 fully saturated rings. The second kappa shape index (κ2) is 15.1. The van der Waals surface area contributed by atoms with Gasteiger partial charge in [0.15, 0.2) is 0 Å². The zero-order valence-corrected chi connectivity index (χ0v) is 33.0. The van der Waals surface area contributed by atoms with E-state index in [-0.39, 0.29) is 0 Å². The van der Waals surface area contributed by atoms with E-state index >= 15 is 0 Å². The van der Waals surface area contributed by atoms with Gasteiger partial charge in [0, 0.05) is 33.5 Å². The highest BCUT2D eigenvalue weighted by Crippen LogP contribution is 2.41. The van der Waals surface area contributed by atoms with Crippen molar-refractivity contribution in [1.82, 2.24) is 4.57 Å². The standard InChI is InChI=1S/C58H40N2/c1-3-15-41(16-4-1)46-21-11-22-47(39-46)42-31-35-48(36-32-42)59(50-23-14-24-51(40-50)60-56-29-9-7-25-54(56)55-26-8-10-30-57(55)60)49-37-33-44(34-38-49)53-28-13-20-45-19-12-27-52(58(45)53)43-17-5-2-6-18-43/h1-40H. The van der Waals surface area contributed by atoms with Crippen LogP contribution < -0.4 is 4.90 Å². The van der Waals surface area contributed by atoms with Crippen molar-refractivity contribution in [2.24, 2.45) is 0 Å². The molecule has 2 nitrogen and oxygen atoms in total. The van der Waals surface area contributed by atoms with Gasteiger partial charge < -0.3 is 9.47 Å². The van der Waals surface area contributed by atoms with Crippen molar-refractivity contribution in [1.29, 1.82) is 0 Å². The summed E-state index contributed by atoms with van der Waals surface area (Å²) in [4.78, 5) is 2.38. The highest BCUT2D eigenvalue weighted by atomic mass is 15.1. The van der Waals surface area contributed by atoms with E-state index in [1.165, 1.54) is 77.1 Å². The van der Waals surface area contributed by atoms with E-state index in [0.29, 0.717) is 0 Å². The van der Waals surface area contributed by atoms with Crippen molar-refractivity contribution in [3.05, 3.63) is 243 Å². The van der Waals surface area contributed by atoms with Crippen molar-refractivity contribution in [3.8, 4) is 50.2 Å². The Bertz CT molecular complexity index is 3230. The molecular formula is C58H40N2. The predicted molar refractivity (Wildman–Crippen MR) is 255 cm³/mol. The van der Waals surface area contributed by atoms with Gasteiger partial charge in [0.05, 0.1) is 11.0 Å². The molecule has 0 saturated heterocycles. The number of aromatic nitrogens is 1. The molecule has 11 rings (SSSR count). The van der Waals surface area contributed by atoms with Crippen molar-refractivity contribution in [2.45, 2.75) is 0 Å². The zero-order chi connectivity index (χ0) is 39.8. The third-order valence-corrected chi connectivity index (χ3v) is 11.8. The van der Waals surface area contributed by atoms with Gasteiger partial charge in [-0.3, -0.25) is 0 Å². The van der Waals surface area contributed by atoms with E-state index in [1.807, 2.05) is 0 Å². The molecule has 282 valence electrons. The molecule has 0 saturated carbocycles. The topological polar surface area (TPSA) is 8.17 Å². The molecule has 1 aromatic heterocycles. The first-order valence-electron chi connectivity index (χ1n) is 20.6. The summed E-state index contributed by atoms with van der Waals surface area (Å²) in [5.74, 6) is 0. The normalized spacial score (nSPS) is 11.3. The number of fused-ring (bicyclic) bond motifs is 4. The second-order valence-electron chi connectivity index (χ2n) is 15.3. The number of benzene rings is 10. The maximum atomic E-state index is 2.39. The Kier molecular flexibility index (Phi) is 8.87. The molecule has 0 unspecified atom stereocenters. The van der Waals surface area contributed by atoms with E-state index in [4.69, 9.17) is 0 Å². The Morgan fingerprint density at radius 1 is 0.283 bits per heavy atom. The van der Waals surface area contributed by atoms with Gasteiger partial charge >= 0.3 is 0 Å². The summed E-state index contributed by atoms with van der Waals surface area (Å²) >= 11 is 0. The van der Waals surface area contributed by atoms with E-state index in [0.717, 1.165) is 22.7 Å². The van der Waals surface area contributed by atoms with Gasteiger partial charge in [-0.2, -0.15) is 0 Å². The monoisotopic (exact) mass is 764 g/mol. The third kappa shape index (κ3) is 6.32. The molecule has 10 aromatic carbocycles. The van der Waals surface area contributed by atoms with E-state index < -0.39 is 0 Å². The SMILES string of the molecule is c1ccc(-c2cccc(-c3ccc(N(c4ccc(-c5cccc6cccc(-c7ccccc7)c56)cc4)c4cccc(-n5c6ccccc6c6ccccc65)c4)cc3)c2)cc1. The fourth-order valence-corrected chi connectivity index (χ4v) is 8.96. The quantitative estimate of drug-likeness (QED) is 0.150. The highest BCUT2D eigenvalue weighted by molar-refractivity contribution is 6.09. The van der Waals surface area contributed by atoms with Gasteiger partial charge in [-0.15, -0.1) is 0 Å². The molecule has 0 spiro atoms. The minimum Gasteiger partial charge on any atom is -0.310 e. The largest absolute Gasteiger partial charge is 0.310 e. The Balaban J connectivity index is 1.03. The number of hydrogen-bond donors (Lipinski definition) is 0. The summed E-state index contributed by atoms with van der Waals surface area (Å²) in [6.07, 6.45) is 0. The van der Waals surface area contributed by atoms with E-state index in [2.05, 4.69) is 252 Å². The first kappa shape index (κ1) is 35.2. The van der Waals surface area contributed by atoms with Crippen LogP contribution in [0.3, 0.4) is 0 Å². The zero-order valence-electron chi connectivity index (χ0n) is 33.0. The van der Waals surface area contributed by atoms with Crippen LogP contribution in [0.15, 0.2) is 243 Å². The lowest BCUT2D eigenvalue weighted by molar-refractivity contribution is 1.17. The maximum absolute atomic E-state index is 2.39. The van der Waals surface area contributed by atoms with Crippen molar-refractivity contribution in [3.63, 3.8) is 0 Å². The Labute approximate surface area is 350 Å². The summed E-state index contributed by atoms with van der Waals surface area (Å²) in [6, 6.07) is 87.8. The molecule has 1 heterocycles. The summed E-state index contributed by atoms with van der Waals surface area (Å²) < 4.78 is 2.39. The predicted octanol–water partition coefficient (Wildman–Crippen LogP) is 16.1. The van der Waals surface area contributed by atoms with E-state index in [1.54, 1.807) is 0 Å². The average molecular weight is 765 g/mol. The highest BCUT2D eigenvalue weighted by Gasteiger charge is 2.18. The fourth-order valence-electron chi connectivity index (χ4n) is 8.96. The molecule has 60 heavy (non-hydrogen) atoms. The number of anilines is 3. The lowest BCUT2D eigenvalue weighted by atomic mass is 9.91. The minimum atomic E-state index is 1.08. The van der Waals surface area contributed by atoms with Gasteiger partial charge in [-0.05, 0) is 116 Å². The van der Waals surface area contributed by atoms with Crippen LogP contribution in [-0.2, 0) is 0 Å². The third-order valence-electron chi connectivity index (χ3n) is 11.8. The molecule has 11 aromatic rings. The Hall–Kier alpha value is -7.94. The van der Waals surface area contributed by atoms with Gasteiger partial charge in [-0.25, -0.2) is 0 Å². The summed E-state index contributed by atoms with van der Waals surface area (Å²) in [5.41, 5.74) is 16.4. The minimum absolute atomic E-state index is 1.08. The van der Waals surface area contributed by atoms with Gasteiger partial charge in [-0.1, -0.05) is 182 Å². The van der Waals surface area contributed by atoms with Crippen LogP contribution in [0.4, 0.5) is 17.1 Å². The molecule has 0 aliphatic rings. The molecule has 0 amide bonds. The smallest absolute Gasteiger partial charge is 0.0541 e. The summed E-state index contributed by atoms with van der Waals surface area (Å²) in [6.45, 7) is 0. The van der Waals surface area contributed by atoms with Gasteiger partial charge in [0.25, 0.3) is 0 Å². The van der Waals surface area contributed by atoms with Crippen LogP contribution >= 0.6 is 0 Å². The molecule has 0 atom stereocenters. The molecular weight excluding hydrogens is 725 g/mol. The summed E-state index contributed by atoms with van der Waals surface area (Å²) in [5, 5.41) is 5.00. The molecule has 0 radical (unpaired) electrons. The van der Waals surface area contributed by atoms with Crippen molar-refractivity contribution >= 4 is 49.6 Å². The lowest BCUT2D eigenvalue weighted by Gasteiger charge is -2.27. The second-order valence-corrected chi connectivity index (χ2v) is 15.3. The molecule has 0 bridgehead atoms. The molecule has 0 aliphatic heterocycles.